The molecule has 35 heavy (non-hydrogen) atoms. The zero-order chi connectivity index (χ0) is 24.4. The zero-order valence-electron chi connectivity index (χ0n) is 19.5. The lowest BCUT2D eigenvalue weighted by molar-refractivity contribution is -0.124. The summed E-state index contributed by atoms with van der Waals surface area (Å²) in [6, 6.07) is 12.0. The molecule has 9 heteroatoms. The Bertz CT molecular complexity index is 1380. The molecule has 0 spiro atoms. The maximum Gasteiger partial charge on any atom is 0.253 e. The number of aryl methyl sites for hydroxylation is 1. The maximum absolute atomic E-state index is 13.3. The highest BCUT2D eigenvalue weighted by molar-refractivity contribution is 5.95. The van der Waals surface area contributed by atoms with Crippen molar-refractivity contribution in [2.24, 2.45) is 5.92 Å². The van der Waals surface area contributed by atoms with Crippen molar-refractivity contribution in [3.05, 3.63) is 83.5 Å². The summed E-state index contributed by atoms with van der Waals surface area (Å²) in [5, 5.41) is 2.95. The van der Waals surface area contributed by atoms with Gasteiger partial charge in [-0.15, -0.1) is 0 Å². The fraction of sp³-hybridized carbons (Fsp3) is 0.308. The summed E-state index contributed by atoms with van der Waals surface area (Å²) in [5.41, 5.74) is 2.99. The second-order valence-corrected chi connectivity index (χ2v) is 8.93. The lowest BCUT2D eigenvalue weighted by Crippen LogP contribution is -2.35. The van der Waals surface area contributed by atoms with Gasteiger partial charge < -0.3 is 19.8 Å². The fourth-order valence-electron chi connectivity index (χ4n) is 4.51. The highest BCUT2D eigenvalue weighted by Crippen LogP contribution is 2.20. The van der Waals surface area contributed by atoms with E-state index in [0.717, 1.165) is 11.4 Å². The molecular formula is C26H27FN6O2. The molecule has 1 fully saturated rings. The normalized spacial score (nSPS) is 15.6. The molecule has 4 aromatic rings. The van der Waals surface area contributed by atoms with Crippen LogP contribution < -0.4 is 5.32 Å². The Labute approximate surface area is 202 Å². The van der Waals surface area contributed by atoms with Crippen molar-refractivity contribution < 1.29 is 14.0 Å². The number of amides is 2. The summed E-state index contributed by atoms with van der Waals surface area (Å²) < 4.78 is 15.4. The van der Waals surface area contributed by atoms with E-state index in [4.69, 9.17) is 0 Å². The van der Waals surface area contributed by atoms with E-state index >= 15 is 0 Å². The van der Waals surface area contributed by atoms with Gasteiger partial charge in [-0.3, -0.25) is 9.59 Å². The monoisotopic (exact) mass is 474 g/mol. The molecule has 3 heterocycles. The first-order valence-electron chi connectivity index (χ1n) is 11.7. The number of rotatable bonds is 7. The van der Waals surface area contributed by atoms with Crippen LogP contribution in [0.5, 0.6) is 0 Å². The van der Waals surface area contributed by atoms with Crippen LogP contribution in [0.2, 0.25) is 0 Å². The minimum Gasteiger partial charge on any atom is -0.355 e. The SMILES string of the molecule is Cc1nccn1Cc1cccc(C(=O)N2CCC(C(=O)NCCc3nc4ccc(F)cc4[nH]3)C2)c1. The number of hydrogen-bond donors (Lipinski definition) is 2. The van der Waals surface area contributed by atoms with E-state index in [2.05, 4.69) is 20.3 Å². The highest BCUT2D eigenvalue weighted by Gasteiger charge is 2.31. The number of nitrogens with one attached hydrogen (secondary N) is 2. The second-order valence-electron chi connectivity index (χ2n) is 8.93. The quantitative estimate of drug-likeness (QED) is 0.430. The minimum atomic E-state index is -0.318. The molecule has 2 amide bonds. The molecule has 2 aromatic carbocycles. The van der Waals surface area contributed by atoms with Gasteiger partial charge in [-0.25, -0.2) is 14.4 Å². The maximum atomic E-state index is 13.3. The van der Waals surface area contributed by atoms with Crippen LogP contribution in [0.15, 0.2) is 54.9 Å². The molecule has 0 radical (unpaired) electrons. The molecule has 8 nitrogen and oxygen atoms in total. The molecule has 180 valence electrons. The predicted molar refractivity (Wildman–Crippen MR) is 129 cm³/mol. The van der Waals surface area contributed by atoms with Gasteiger partial charge in [-0.2, -0.15) is 0 Å². The van der Waals surface area contributed by atoms with Crippen molar-refractivity contribution in [1.29, 1.82) is 0 Å². The van der Waals surface area contributed by atoms with Crippen molar-refractivity contribution in [2.45, 2.75) is 26.3 Å². The van der Waals surface area contributed by atoms with Crippen LogP contribution in [0.1, 0.15) is 34.0 Å². The van der Waals surface area contributed by atoms with E-state index in [-0.39, 0.29) is 23.5 Å². The number of H-pyrrole nitrogens is 1. The second kappa shape index (κ2) is 9.69. The Morgan fingerprint density at radius 3 is 2.94 bits per heavy atom. The molecule has 0 saturated carbocycles. The van der Waals surface area contributed by atoms with Gasteiger partial charge in [0.05, 0.1) is 17.0 Å². The van der Waals surface area contributed by atoms with Crippen LogP contribution in [-0.4, -0.2) is 55.9 Å². The molecule has 1 aliphatic heterocycles. The average molecular weight is 475 g/mol. The molecule has 0 bridgehead atoms. The number of carbonyl (C=O) groups excluding carboxylic acids is 2. The topological polar surface area (TPSA) is 95.9 Å². The Kier molecular flexibility index (Phi) is 6.31. The third kappa shape index (κ3) is 5.08. The summed E-state index contributed by atoms with van der Waals surface area (Å²) >= 11 is 0. The Morgan fingerprint density at radius 1 is 1.23 bits per heavy atom. The molecule has 1 aliphatic rings. The van der Waals surface area contributed by atoms with E-state index in [1.807, 2.05) is 42.0 Å². The molecule has 1 atom stereocenters. The summed E-state index contributed by atoms with van der Waals surface area (Å²) in [4.78, 5) is 39.3. The Balaban J connectivity index is 1.13. The summed E-state index contributed by atoms with van der Waals surface area (Å²) in [6.45, 7) is 3.97. The molecular weight excluding hydrogens is 447 g/mol. The van der Waals surface area contributed by atoms with Crippen molar-refractivity contribution in [3.63, 3.8) is 0 Å². The number of likely N-dealkylation sites (tertiary alicyclic amines) is 1. The number of halogens is 1. The van der Waals surface area contributed by atoms with Crippen LogP contribution in [-0.2, 0) is 17.8 Å². The number of hydrogen-bond acceptors (Lipinski definition) is 4. The standard InChI is InChI=1S/C26H27FN6O2/c1-17-28-10-12-32(17)15-18-3-2-4-19(13-18)26(35)33-11-8-20(16-33)25(34)29-9-7-24-30-22-6-5-21(27)14-23(22)31-24/h2-6,10,12-14,20H,7-9,11,15-16H2,1H3,(H,29,34)(H,30,31). The average Bonchev–Trinajstić information content (AvgIpc) is 3.59. The van der Waals surface area contributed by atoms with Gasteiger partial charge in [-0.1, -0.05) is 12.1 Å². The minimum absolute atomic E-state index is 0.0565. The summed E-state index contributed by atoms with van der Waals surface area (Å²) in [6.07, 6.45) is 4.83. The lowest BCUT2D eigenvalue weighted by atomic mass is 10.1. The smallest absolute Gasteiger partial charge is 0.253 e. The molecule has 1 unspecified atom stereocenters. The highest BCUT2D eigenvalue weighted by atomic mass is 19.1. The number of aromatic nitrogens is 4. The van der Waals surface area contributed by atoms with Crippen LogP contribution in [0.4, 0.5) is 4.39 Å². The van der Waals surface area contributed by atoms with Crippen LogP contribution >= 0.6 is 0 Å². The van der Waals surface area contributed by atoms with E-state index in [1.165, 1.54) is 12.1 Å². The van der Waals surface area contributed by atoms with Crippen molar-refractivity contribution in [2.75, 3.05) is 19.6 Å². The van der Waals surface area contributed by atoms with Crippen molar-refractivity contribution in [3.8, 4) is 0 Å². The summed E-state index contributed by atoms with van der Waals surface area (Å²) in [7, 11) is 0. The number of aromatic amines is 1. The number of fused-ring (bicyclic) bond motifs is 1. The molecule has 5 rings (SSSR count). The van der Waals surface area contributed by atoms with Gasteiger partial charge in [0.1, 0.15) is 17.5 Å². The van der Waals surface area contributed by atoms with Crippen molar-refractivity contribution in [1.82, 2.24) is 29.7 Å². The lowest BCUT2D eigenvalue weighted by Gasteiger charge is -2.17. The number of carbonyl (C=O) groups is 2. The zero-order valence-corrected chi connectivity index (χ0v) is 19.5. The van der Waals surface area contributed by atoms with Crippen LogP contribution in [0.25, 0.3) is 11.0 Å². The van der Waals surface area contributed by atoms with Gasteiger partial charge >= 0.3 is 0 Å². The largest absolute Gasteiger partial charge is 0.355 e. The van der Waals surface area contributed by atoms with E-state index < -0.39 is 0 Å². The third-order valence-corrected chi connectivity index (χ3v) is 6.45. The third-order valence-electron chi connectivity index (χ3n) is 6.45. The van der Waals surface area contributed by atoms with Gasteiger partial charge in [0.15, 0.2) is 0 Å². The van der Waals surface area contributed by atoms with E-state index in [1.54, 1.807) is 17.2 Å². The van der Waals surface area contributed by atoms with Gasteiger partial charge in [0, 0.05) is 50.6 Å². The number of nitrogens with zero attached hydrogens (tertiary/aromatic N) is 4. The van der Waals surface area contributed by atoms with Gasteiger partial charge in [0.2, 0.25) is 5.91 Å². The van der Waals surface area contributed by atoms with Crippen LogP contribution in [0, 0.1) is 18.7 Å². The molecule has 2 N–H and O–H groups in total. The summed E-state index contributed by atoms with van der Waals surface area (Å²) in [5.74, 6) is 0.942. The first-order chi connectivity index (χ1) is 17.0. The van der Waals surface area contributed by atoms with E-state index in [9.17, 15) is 14.0 Å². The van der Waals surface area contributed by atoms with Gasteiger partial charge in [-0.05, 0) is 49.2 Å². The number of imidazole rings is 2. The van der Waals surface area contributed by atoms with Crippen molar-refractivity contribution >= 4 is 22.8 Å². The Morgan fingerprint density at radius 2 is 2.11 bits per heavy atom. The fourth-order valence-corrected chi connectivity index (χ4v) is 4.51. The Hall–Kier alpha value is -4.01. The predicted octanol–water partition coefficient (Wildman–Crippen LogP) is 3.08. The molecule has 2 aromatic heterocycles. The first-order valence-corrected chi connectivity index (χ1v) is 11.7. The molecule has 0 aliphatic carbocycles. The molecule has 1 saturated heterocycles. The van der Waals surface area contributed by atoms with Gasteiger partial charge in [0.25, 0.3) is 5.91 Å². The first kappa shape index (κ1) is 22.8. The number of benzene rings is 2. The van der Waals surface area contributed by atoms with Crippen LogP contribution in [0.3, 0.4) is 0 Å². The van der Waals surface area contributed by atoms with E-state index in [0.29, 0.717) is 61.4 Å².